The Labute approximate surface area is 95.4 Å². The van der Waals surface area contributed by atoms with Crippen molar-refractivity contribution >= 4 is 5.78 Å². The van der Waals surface area contributed by atoms with Crippen LogP contribution < -0.4 is 0 Å². The van der Waals surface area contributed by atoms with Crippen LogP contribution >= 0.6 is 0 Å². The van der Waals surface area contributed by atoms with Gasteiger partial charge in [0.05, 0.1) is 5.60 Å². The highest BCUT2D eigenvalue weighted by Gasteiger charge is 2.50. The molecule has 0 aromatic heterocycles. The average molecular weight is 216 g/mol. The van der Waals surface area contributed by atoms with E-state index in [1.807, 2.05) is 0 Å². The van der Waals surface area contributed by atoms with Gasteiger partial charge in [-0.05, 0) is 38.0 Å². The molecule has 0 aromatic rings. The maximum absolute atomic E-state index is 11.9. The first-order chi connectivity index (χ1) is 7.78. The smallest absolute Gasteiger partial charge is 0.162 e. The molecule has 1 saturated carbocycles. The van der Waals surface area contributed by atoms with Gasteiger partial charge in [-0.15, -0.1) is 0 Å². The van der Waals surface area contributed by atoms with Crippen LogP contribution in [0.5, 0.6) is 0 Å². The summed E-state index contributed by atoms with van der Waals surface area (Å²) >= 11 is 0. The van der Waals surface area contributed by atoms with Gasteiger partial charge in [0.2, 0.25) is 0 Å². The molecule has 0 saturated heterocycles. The van der Waals surface area contributed by atoms with Crippen molar-refractivity contribution in [3.8, 4) is 0 Å². The third kappa shape index (κ3) is 0.988. The SMILES string of the molecule is O=C1CCC2=C1[C@H]1C=C[C@]3(CCC[C@H]3C2)O1. The van der Waals surface area contributed by atoms with Gasteiger partial charge in [0.1, 0.15) is 6.10 Å². The Kier molecular flexibility index (Phi) is 1.64. The first-order valence-electron chi connectivity index (χ1n) is 6.41. The fraction of sp³-hybridized carbons (Fsp3) is 0.643. The summed E-state index contributed by atoms with van der Waals surface area (Å²) in [7, 11) is 0. The molecule has 2 aliphatic heterocycles. The molecular weight excluding hydrogens is 200 g/mol. The Hall–Kier alpha value is -0.890. The van der Waals surface area contributed by atoms with Crippen molar-refractivity contribution in [1.29, 1.82) is 0 Å². The third-order valence-corrected chi connectivity index (χ3v) is 4.82. The number of hydrogen-bond acceptors (Lipinski definition) is 2. The number of hydrogen-bond donors (Lipinski definition) is 0. The van der Waals surface area contributed by atoms with Crippen LogP contribution in [0.1, 0.15) is 38.5 Å². The molecule has 0 radical (unpaired) electrons. The normalized spacial score (nSPS) is 44.9. The summed E-state index contributed by atoms with van der Waals surface area (Å²) in [6, 6.07) is 0. The van der Waals surface area contributed by atoms with Crippen LogP contribution in [0.4, 0.5) is 0 Å². The molecule has 0 amide bonds. The van der Waals surface area contributed by atoms with E-state index in [2.05, 4.69) is 12.2 Å². The number of fused-ring (bicyclic) bond motifs is 2. The topological polar surface area (TPSA) is 26.3 Å². The third-order valence-electron chi connectivity index (χ3n) is 4.82. The second kappa shape index (κ2) is 2.86. The standard InChI is InChI=1S/C14H16O2/c15-11-4-3-9-8-10-2-1-6-14(10)7-5-12(16-14)13(9)11/h5,7,10,12H,1-4,6,8H2/t10-,12+,14-/m0/s1. The second-order valence-corrected chi connectivity index (χ2v) is 5.59. The minimum Gasteiger partial charge on any atom is -0.358 e. The van der Waals surface area contributed by atoms with E-state index in [-0.39, 0.29) is 11.7 Å². The van der Waals surface area contributed by atoms with E-state index in [4.69, 9.17) is 4.74 Å². The maximum atomic E-state index is 11.9. The maximum Gasteiger partial charge on any atom is 0.162 e. The van der Waals surface area contributed by atoms with Crippen LogP contribution in [0.25, 0.3) is 0 Å². The van der Waals surface area contributed by atoms with Crippen molar-refractivity contribution in [3.63, 3.8) is 0 Å². The molecule has 84 valence electrons. The molecule has 2 heteroatoms. The molecule has 1 fully saturated rings. The van der Waals surface area contributed by atoms with Crippen molar-refractivity contribution in [2.45, 2.75) is 50.2 Å². The molecule has 4 rings (SSSR count). The molecule has 4 aliphatic rings. The molecular formula is C14H16O2. The van der Waals surface area contributed by atoms with E-state index >= 15 is 0 Å². The molecule has 2 bridgehead atoms. The van der Waals surface area contributed by atoms with Crippen molar-refractivity contribution in [2.24, 2.45) is 5.92 Å². The second-order valence-electron chi connectivity index (χ2n) is 5.59. The van der Waals surface area contributed by atoms with Gasteiger partial charge in [-0.2, -0.15) is 0 Å². The van der Waals surface area contributed by atoms with Crippen LogP contribution in [0.15, 0.2) is 23.3 Å². The first kappa shape index (κ1) is 9.17. The molecule has 2 nitrogen and oxygen atoms in total. The van der Waals surface area contributed by atoms with Gasteiger partial charge in [-0.1, -0.05) is 17.7 Å². The monoisotopic (exact) mass is 216 g/mol. The number of allylic oxidation sites excluding steroid dienone is 1. The minimum atomic E-state index is -0.00639. The highest BCUT2D eigenvalue weighted by atomic mass is 16.5. The first-order valence-corrected chi connectivity index (χ1v) is 6.41. The molecule has 0 N–H and O–H groups in total. The van der Waals surface area contributed by atoms with Gasteiger partial charge in [0.15, 0.2) is 5.78 Å². The van der Waals surface area contributed by atoms with Crippen LogP contribution in [-0.4, -0.2) is 17.5 Å². The summed E-state index contributed by atoms with van der Waals surface area (Å²) < 4.78 is 6.23. The quantitative estimate of drug-likeness (QED) is 0.582. The fourth-order valence-electron chi connectivity index (χ4n) is 4.04. The van der Waals surface area contributed by atoms with Crippen LogP contribution in [0.2, 0.25) is 0 Å². The zero-order valence-corrected chi connectivity index (χ0v) is 9.37. The Bertz CT molecular complexity index is 432. The summed E-state index contributed by atoms with van der Waals surface area (Å²) in [5.41, 5.74) is 2.42. The van der Waals surface area contributed by atoms with Gasteiger partial charge in [-0.3, -0.25) is 4.79 Å². The molecule has 16 heavy (non-hydrogen) atoms. The van der Waals surface area contributed by atoms with E-state index in [0.717, 1.165) is 31.3 Å². The lowest BCUT2D eigenvalue weighted by atomic mass is 9.84. The van der Waals surface area contributed by atoms with Gasteiger partial charge < -0.3 is 4.74 Å². The van der Waals surface area contributed by atoms with Gasteiger partial charge in [-0.25, -0.2) is 0 Å². The summed E-state index contributed by atoms with van der Waals surface area (Å²) in [5, 5.41) is 0. The average Bonchev–Trinajstić information content (AvgIpc) is 2.90. The molecule has 0 aromatic carbocycles. The van der Waals surface area contributed by atoms with Gasteiger partial charge in [0, 0.05) is 12.0 Å². The summed E-state index contributed by atoms with van der Waals surface area (Å²) in [6.07, 6.45) is 10.9. The Morgan fingerprint density at radius 1 is 1.38 bits per heavy atom. The van der Waals surface area contributed by atoms with E-state index in [0.29, 0.717) is 11.7 Å². The van der Waals surface area contributed by atoms with Crippen molar-refractivity contribution < 1.29 is 9.53 Å². The van der Waals surface area contributed by atoms with Gasteiger partial charge in [0.25, 0.3) is 0 Å². The number of ether oxygens (including phenoxy) is 1. The van der Waals surface area contributed by atoms with Crippen LogP contribution in [0, 0.1) is 5.92 Å². The number of rotatable bonds is 0. The van der Waals surface area contributed by atoms with Gasteiger partial charge >= 0.3 is 0 Å². The van der Waals surface area contributed by atoms with Crippen molar-refractivity contribution in [3.05, 3.63) is 23.3 Å². The lowest BCUT2D eigenvalue weighted by Gasteiger charge is -2.29. The molecule has 1 spiro atoms. The zero-order chi connectivity index (χ0) is 10.8. The van der Waals surface area contributed by atoms with E-state index in [9.17, 15) is 4.79 Å². The van der Waals surface area contributed by atoms with Crippen molar-refractivity contribution in [2.75, 3.05) is 0 Å². The molecule has 3 atom stereocenters. The minimum absolute atomic E-state index is 0.00468. The number of Topliss-reactive ketones (excluding diaryl/α,β-unsaturated/α-hetero) is 1. The predicted molar refractivity (Wildman–Crippen MR) is 60.0 cm³/mol. The highest BCUT2D eigenvalue weighted by Crippen LogP contribution is 2.52. The summed E-state index contributed by atoms with van der Waals surface area (Å²) in [5.74, 6) is 0.967. The number of carbonyl (C=O) groups excluding carboxylic acids is 1. The summed E-state index contributed by atoms with van der Waals surface area (Å²) in [6.45, 7) is 0. The summed E-state index contributed by atoms with van der Waals surface area (Å²) in [4.78, 5) is 11.9. The highest BCUT2D eigenvalue weighted by molar-refractivity contribution is 6.00. The number of carbonyl (C=O) groups is 1. The predicted octanol–water partition coefficient (Wildman–Crippen LogP) is 2.54. The number of ketones is 1. The molecule has 2 heterocycles. The Balaban J connectivity index is 1.83. The van der Waals surface area contributed by atoms with E-state index < -0.39 is 0 Å². The fourth-order valence-corrected chi connectivity index (χ4v) is 4.04. The van der Waals surface area contributed by atoms with Crippen LogP contribution in [-0.2, 0) is 9.53 Å². The van der Waals surface area contributed by atoms with Crippen LogP contribution in [0.3, 0.4) is 0 Å². The Morgan fingerprint density at radius 3 is 3.25 bits per heavy atom. The lowest BCUT2D eigenvalue weighted by molar-refractivity contribution is -0.116. The van der Waals surface area contributed by atoms with Crippen molar-refractivity contribution in [1.82, 2.24) is 0 Å². The molecule has 2 aliphatic carbocycles. The lowest BCUT2D eigenvalue weighted by Crippen LogP contribution is -2.32. The van der Waals surface area contributed by atoms with E-state index in [1.54, 1.807) is 0 Å². The zero-order valence-electron chi connectivity index (χ0n) is 9.37. The largest absolute Gasteiger partial charge is 0.358 e. The molecule has 0 unspecified atom stereocenters. The van der Waals surface area contributed by atoms with E-state index in [1.165, 1.54) is 18.4 Å². The Morgan fingerprint density at radius 2 is 2.31 bits per heavy atom.